The van der Waals surface area contributed by atoms with E-state index in [4.69, 9.17) is 11.1 Å². The molecular formula is C8H9N3. The van der Waals surface area contributed by atoms with Crippen LogP contribution in [0.5, 0.6) is 0 Å². The number of nitrogens with zero attached hydrogens (tertiary/aromatic N) is 1. The SMILES string of the molecule is Cc1cccc(C#N)c1NN. The molecule has 0 unspecified atom stereocenters. The molecule has 0 aliphatic carbocycles. The van der Waals surface area contributed by atoms with Gasteiger partial charge >= 0.3 is 0 Å². The smallest absolute Gasteiger partial charge is 0.101 e. The summed E-state index contributed by atoms with van der Waals surface area (Å²) in [4.78, 5) is 0. The van der Waals surface area contributed by atoms with E-state index in [1.54, 1.807) is 6.07 Å². The number of nitrogen functional groups attached to an aromatic ring is 1. The molecule has 0 atom stereocenters. The largest absolute Gasteiger partial charge is 0.323 e. The monoisotopic (exact) mass is 147 g/mol. The van der Waals surface area contributed by atoms with Gasteiger partial charge in [0.1, 0.15) is 6.07 Å². The summed E-state index contributed by atoms with van der Waals surface area (Å²) < 4.78 is 0. The van der Waals surface area contributed by atoms with E-state index in [0.29, 0.717) is 11.3 Å². The molecule has 1 aromatic rings. The van der Waals surface area contributed by atoms with Gasteiger partial charge in [0.15, 0.2) is 0 Å². The van der Waals surface area contributed by atoms with Crippen molar-refractivity contribution in [2.75, 3.05) is 5.43 Å². The Labute approximate surface area is 65.4 Å². The molecule has 0 amide bonds. The first kappa shape index (κ1) is 7.58. The van der Waals surface area contributed by atoms with Crippen molar-refractivity contribution in [3.63, 3.8) is 0 Å². The highest BCUT2D eigenvalue weighted by atomic mass is 15.2. The molecule has 1 aromatic carbocycles. The van der Waals surface area contributed by atoms with E-state index in [9.17, 15) is 0 Å². The van der Waals surface area contributed by atoms with Gasteiger partial charge in [-0.15, -0.1) is 0 Å². The Kier molecular flexibility index (Phi) is 2.09. The van der Waals surface area contributed by atoms with Crippen molar-refractivity contribution in [2.45, 2.75) is 6.92 Å². The molecule has 0 bridgehead atoms. The summed E-state index contributed by atoms with van der Waals surface area (Å²) in [5.41, 5.74) is 4.75. The van der Waals surface area contributed by atoms with Crippen molar-refractivity contribution in [2.24, 2.45) is 5.84 Å². The van der Waals surface area contributed by atoms with Crippen LogP contribution in [0.15, 0.2) is 18.2 Å². The van der Waals surface area contributed by atoms with Gasteiger partial charge in [0.05, 0.1) is 11.3 Å². The standard InChI is InChI=1S/C8H9N3/c1-6-3-2-4-7(5-9)8(6)11-10/h2-4,11H,10H2,1H3. The van der Waals surface area contributed by atoms with Crippen LogP contribution in [-0.4, -0.2) is 0 Å². The molecule has 0 saturated carbocycles. The molecule has 56 valence electrons. The molecule has 0 aromatic heterocycles. The van der Waals surface area contributed by atoms with E-state index in [-0.39, 0.29) is 0 Å². The lowest BCUT2D eigenvalue weighted by atomic mass is 10.1. The molecule has 3 nitrogen and oxygen atoms in total. The number of benzene rings is 1. The Morgan fingerprint density at radius 1 is 1.55 bits per heavy atom. The number of hydrogen-bond donors (Lipinski definition) is 2. The average molecular weight is 147 g/mol. The first-order valence-electron chi connectivity index (χ1n) is 3.26. The molecule has 1 rings (SSSR count). The predicted molar refractivity (Wildman–Crippen MR) is 43.7 cm³/mol. The van der Waals surface area contributed by atoms with E-state index >= 15 is 0 Å². The third kappa shape index (κ3) is 1.31. The summed E-state index contributed by atoms with van der Waals surface area (Å²) in [5.74, 6) is 5.23. The van der Waals surface area contributed by atoms with Gasteiger partial charge in [0.2, 0.25) is 0 Å². The van der Waals surface area contributed by atoms with Crippen LogP contribution in [0.1, 0.15) is 11.1 Å². The van der Waals surface area contributed by atoms with Gasteiger partial charge in [-0.05, 0) is 18.6 Å². The second-order valence-corrected chi connectivity index (χ2v) is 2.25. The molecule has 0 saturated heterocycles. The number of nitriles is 1. The average Bonchev–Trinajstić information content (AvgIpc) is 2.04. The summed E-state index contributed by atoms with van der Waals surface area (Å²) in [7, 11) is 0. The van der Waals surface area contributed by atoms with E-state index in [2.05, 4.69) is 5.43 Å². The lowest BCUT2D eigenvalue weighted by Gasteiger charge is -2.04. The fourth-order valence-electron chi connectivity index (χ4n) is 0.953. The maximum atomic E-state index is 8.63. The Balaban J connectivity index is 3.27. The van der Waals surface area contributed by atoms with Gasteiger partial charge in [-0.25, -0.2) is 0 Å². The first-order valence-corrected chi connectivity index (χ1v) is 3.26. The molecule has 0 radical (unpaired) electrons. The van der Waals surface area contributed by atoms with Crippen molar-refractivity contribution in [1.82, 2.24) is 0 Å². The molecule has 0 aliphatic heterocycles. The predicted octanol–water partition coefficient (Wildman–Crippen LogP) is 1.15. The maximum absolute atomic E-state index is 8.63. The Hall–Kier alpha value is -1.53. The number of hydrogen-bond acceptors (Lipinski definition) is 3. The Bertz CT molecular complexity index is 299. The zero-order valence-electron chi connectivity index (χ0n) is 6.26. The number of aryl methyl sites for hydroxylation is 1. The fourth-order valence-corrected chi connectivity index (χ4v) is 0.953. The van der Waals surface area contributed by atoms with E-state index in [0.717, 1.165) is 5.56 Å². The van der Waals surface area contributed by atoms with Gasteiger partial charge < -0.3 is 5.43 Å². The first-order chi connectivity index (χ1) is 5.29. The molecule has 0 heterocycles. The van der Waals surface area contributed by atoms with Crippen LogP contribution in [0.25, 0.3) is 0 Å². The van der Waals surface area contributed by atoms with E-state index in [1.165, 1.54) is 0 Å². The van der Waals surface area contributed by atoms with Crippen LogP contribution >= 0.6 is 0 Å². The maximum Gasteiger partial charge on any atom is 0.101 e. The lowest BCUT2D eigenvalue weighted by molar-refractivity contribution is 1.29. The van der Waals surface area contributed by atoms with Crippen LogP contribution in [-0.2, 0) is 0 Å². The number of anilines is 1. The highest BCUT2D eigenvalue weighted by Crippen LogP contribution is 2.17. The summed E-state index contributed by atoms with van der Waals surface area (Å²) >= 11 is 0. The van der Waals surface area contributed by atoms with Crippen molar-refractivity contribution in [3.8, 4) is 6.07 Å². The summed E-state index contributed by atoms with van der Waals surface area (Å²) in [6.07, 6.45) is 0. The van der Waals surface area contributed by atoms with E-state index in [1.807, 2.05) is 25.1 Å². The minimum Gasteiger partial charge on any atom is -0.323 e. The minimum absolute atomic E-state index is 0.576. The summed E-state index contributed by atoms with van der Waals surface area (Å²) in [6, 6.07) is 7.50. The van der Waals surface area contributed by atoms with Crippen molar-refractivity contribution < 1.29 is 0 Å². The molecule has 11 heavy (non-hydrogen) atoms. The molecule has 0 fully saturated rings. The highest BCUT2D eigenvalue weighted by Gasteiger charge is 2.00. The molecule has 0 aliphatic rings. The van der Waals surface area contributed by atoms with Crippen LogP contribution in [0, 0.1) is 18.3 Å². The van der Waals surface area contributed by atoms with Crippen LogP contribution in [0.2, 0.25) is 0 Å². The Morgan fingerprint density at radius 3 is 2.73 bits per heavy atom. The molecule has 0 spiro atoms. The van der Waals surface area contributed by atoms with Crippen LogP contribution < -0.4 is 11.3 Å². The van der Waals surface area contributed by atoms with E-state index < -0.39 is 0 Å². The summed E-state index contributed by atoms with van der Waals surface area (Å²) in [5, 5.41) is 8.63. The zero-order valence-corrected chi connectivity index (χ0v) is 6.26. The van der Waals surface area contributed by atoms with Gasteiger partial charge in [0, 0.05) is 0 Å². The van der Waals surface area contributed by atoms with Crippen LogP contribution in [0.4, 0.5) is 5.69 Å². The number of rotatable bonds is 1. The third-order valence-electron chi connectivity index (χ3n) is 1.54. The summed E-state index contributed by atoms with van der Waals surface area (Å²) in [6.45, 7) is 1.90. The molecular weight excluding hydrogens is 138 g/mol. The molecule has 3 N–H and O–H groups in total. The van der Waals surface area contributed by atoms with Gasteiger partial charge in [-0.2, -0.15) is 5.26 Å². The lowest BCUT2D eigenvalue weighted by Crippen LogP contribution is -2.09. The number of hydrazine groups is 1. The van der Waals surface area contributed by atoms with Crippen LogP contribution in [0.3, 0.4) is 0 Å². The van der Waals surface area contributed by atoms with Gasteiger partial charge in [0.25, 0.3) is 0 Å². The van der Waals surface area contributed by atoms with Gasteiger partial charge in [-0.3, -0.25) is 5.84 Å². The number of nitrogens with one attached hydrogen (secondary N) is 1. The highest BCUT2D eigenvalue weighted by molar-refractivity contribution is 5.61. The normalized spacial score (nSPS) is 8.82. The topological polar surface area (TPSA) is 61.8 Å². The van der Waals surface area contributed by atoms with Gasteiger partial charge in [-0.1, -0.05) is 12.1 Å². The second-order valence-electron chi connectivity index (χ2n) is 2.25. The quantitative estimate of drug-likeness (QED) is 0.462. The number of nitrogens with two attached hydrogens (primary N) is 1. The zero-order chi connectivity index (χ0) is 8.27. The fraction of sp³-hybridized carbons (Fsp3) is 0.125. The minimum atomic E-state index is 0.576. The van der Waals surface area contributed by atoms with Crippen molar-refractivity contribution in [3.05, 3.63) is 29.3 Å². The number of para-hydroxylation sites is 1. The second kappa shape index (κ2) is 3.04. The Morgan fingerprint density at radius 2 is 2.27 bits per heavy atom. The molecule has 3 heteroatoms. The third-order valence-corrected chi connectivity index (χ3v) is 1.54. The van der Waals surface area contributed by atoms with Crippen molar-refractivity contribution >= 4 is 5.69 Å². The van der Waals surface area contributed by atoms with Crippen molar-refractivity contribution in [1.29, 1.82) is 5.26 Å².